The molecule has 0 aliphatic rings. The predicted octanol–water partition coefficient (Wildman–Crippen LogP) is 3.26. The minimum atomic E-state index is -1.42. The third-order valence-electron chi connectivity index (χ3n) is 2.22. The summed E-state index contributed by atoms with van der Waals surface area (Å²) in [6.07, 6.45) is 0. The SMILES string of the molecule is Cc1ccc(C)c(C(=O)/C(Cl)=C(\Cl)C(=O)O)c1. The molecular weight excluding hydrogens is 263 g/mol. The molecule has 0 bridgehead atoms. The summed E-state index contributed by atoms with van der Waals surface area (Å²) in [5.74, 6) is -2.00. The number of carboxylic acid groups (broad SMARTS) is 1. The van der Waals surface area contributed by atoms with Crippen LogP contribution in [0.25, 0.3) is 0 Å². The van der Waals surface area contributed by atoms with E-state index in [9.17, 15) is 9.59 Å². The molecule has 0 unspecified atom stereocenters. The first-order valence-electron chi connectivity index (χ1n) is 4.75. The van der Waals surface area contributed by atoms with Crippen molar-refractivity contribution < 1.29 is 14.7 Å². The van der Waals surface area contributed by atoms with Gasteiger partial charge < -0.3 is 5.11 Å². The van der Waals surface area contributed by atoms with Crippen LogP contribution >= 0.6 is 23.2 Å². The number of benzene rings is 1. The van der Waals surface area contributed by atoms with Crippen molar-refractivity contribution in [2.75, 3.05) is 0 Å². The van der Waals surface area contributed by atoms with Gasteiger partial charge in [-0.15, -0.1) is 0 Å². The number of carbonyl (C=O) groups is 2. The lowest BCUT2D eigenvalue weighted by Gasteiger charge is -2.05. The summed E-state index contributed by atoms with van der Waals surface area (Å²) in [4.78, 5) is 22.5. The molecule has 0 radical (unpaired) electrons. The second-order valence-electron chi connectivity index (χ2n) is 3.58. The number of aliphatic carboxylic acids is 1. The Hall–Kier alpha value is -1.32. The summed E-state index contributed by atoms with van der Waals surface area (Å²) in [5.41, 5.74) is 1.96. The third kappa shape index (κ3) is 3.08. The fourth-order valence-corrected chi connectivity index (χ4v) is 1.56. The number of Topliss-reactive ketones (excluding diaryl/α,β-unsaturated/α-hetero) is 1. The van der Waals surface area contributed by atoms with E-state index in [4.69, 9.17) is 28.3 Å². The molecule has 3 nitrogen and oxygen atoms in total. The van der Waals surface area contributed by atoms with Crippen molar-refractivity contribution in [3.05, 3.63) is 45.0 Å². The maximum absolute atomic E-state index is 11.9. The van der Waals surface area contributed by atoms with Gasteiger partial charge in [0.25, 0.3) is 0 Å². The Morgan fingerprint density at radius 2 is 1.71 bits per heavy atom. The molecule has 0 amide bonds. The van der Waals surface area contributed by atoms with Crippen molar-refractivity contribution in [1.82, 2.24) is 0 Å². The van der Waals surface area contributed by atoms with Crippen LogP contribution < -0.4 is 0 Å². The van der Waals surface area contributed by atoms with Crippen LogP contribution in [-0.2, 0) is 4.79 Å². The minimum Gasteiger partial charge on any atom is -0.477 e. The molecule has 0 fully saturated rings. The van der Waals surface area contributed by atoms with Gasteiger partial charge in [-0.1, -0.05) is 40.9 Å². The third-order valence-corrected chi connectivity index (χ3v) is 3.03. The van der Waals surface area contributed by atoms with Gasteiger partial charge in [-0.05, 0) is 25.5 Å². The van der Waals surface area contributed by atoms with Crippen LogP contribution in [0.1, 0.15) is 21.5 Å². The highest BCUT2D eigenvalue weighted by Gasteiger charge is 2.20. The van der Waals surface area contributed by atoms with Crippen LogP contribution in [0.4, 0.5) is 0 Å². The number of rotatable bonds is 3. The van der Waals surface area contributed by atoms with Crippen LogP contribution in [-0.4, -0.2) is 16.9 Å². The van der Waals surface area contributed by atoms with Crippen LogP contribution in [0.5, 0.6) is 0 Å². The normalized spacial score (nSPS) is 12.0. The van der Waals surface area contributed by atoms with Crippen LogP contribution in [0.3, 0.4) is 0 Å². The van der Waals surface area contributed by atoms with E-state index in [0.29, 0.717) is 11.1 Å². The van der Waals surface area contributed by atoms with E-state index in [-0.39, 0.29) is 0 Å². The van der Waals surface area contributed by atoms with Crippen molar-refractivity contribution in [3.8, 4) is 0 Å². The molecule has 1 aromatic carbocycles. The largest absolute Gasteiger partial charge is 0.477 e. The highest BCUT2D eigenvalue weighted by atomic mass is 35.5. The minimum absolute atomic E-state index is 0.356. The van der Waals surface area contributed by atoms with Crippen LogP contribution in [0.2, 0.25) is 0 Å². The van der Waals surface area contributed by atoms with Crippen molar-refractivity contribution in [1.29, 1.82) is 0 Å². The highest BCUT2D eigenvalue weighted by molar-refractivity contribution is 6.55. The van der Waals surface area contributed by atoms with E-state index in [1.54, 1.807) is 19.1 Å². The lowest BCUT2D eigenvalue weighted by Crippen LogP contribution is -2.07. The van der Waals surface area contributed by atoms with Crippen molar-refractivity contribution in [2.24, 2.45) is 0 Å². The Morgan fingerprint density at radius 3 is 2.24 bits per heavy atom. The first-order valence-corrected chi connectivity index (χ1v) is 5.50. The van der Waals surface area contributed by atoms with E-state index in [0.717, 1.165) is 5.56 Å². The van der Waals surface area contributed by atoms with Crippen molar-refractivity contribution >= 4 is 35.0 Å². The van der Waals surface area contributed by atoms with Crippen molar-refractivity contribution in [2.45, 2.75) is 13.8 Å². The Kier molecular flexibility index (Phi) is 4.32. The van der Waals surface area contributed by atoms with Gasteiger partial charge >= 0.3 is 5.97 Å². The maximum Gasteiger partial charge on any atom is 0.349 e. The molecule has 0 saturated carbocycles. The molecule has 0 atom stereocenters. The molecule has 1 N–H and O–H groups in total. The zero-order chi connectivity index (χ0) is 13.2. The van der Waals surface area contributed by atoms with Crippen molar-refractivity contribution in [3.63, 3.8) is 0 Å². The van der Waals surface area contributed by atoms with Gasteiger partial charge in [0.1, 0.15) is 10.1 Å². The summed E-state index contributed by atoms with van der Waals surface area (Å²) in [6, 6.07) is 5.26. The lowest BCUT2D eigenvalue weighted by atomic mass is 10.0. The molecule has 0 saturated heterocycles. The molecule has 0 spiro atoms. The molecule has 17 heavy (non-hydrogen) atoms. The van der Waals surface area contributed by atoms with Gasteiger partial charge in [-0.3, -0.25) is 4.79 Å². The van der Waals surface area contributed by atoms with E-state index in [1.807, 2.05) is 13.0 Å². The van der Waals surface area contributed by atoms with Gasteiger partial charge in [0.2, 0.25) is 5.78 Å². The second kappa shape index (κ2) is 5.34. The maximum atomic E-state index is 11.9. The quantitative estimate of drug-likeness (QED) is 0.679. The molecule has 1 rings (SSSR count). The monoisotopic (exact) mass is 272 g/mol. The number of allylic oxidation sites excluding steroid dienone is 1. The van der Waals surface area contributed by atoms with Crippen LogP contribution in [0, 0.1) is 13.8 Å². The fourth-order valence-electron chi connectivity index (χ4n) is 1.29. The molecule has 5 heteroatoms. The number of ketones is 1. The number of aryl methyl sites for hydroxylation is 2. The Morgan fingerprint density at radius 1 is 1.12 bits per heavy atom. The van der Waals surface area contributed by atoms with E-state index in [1.165, 1.54) is 0 Å². The standard InChI is InChI=1S/C12H10Cl2O3/c1-6-3-4-7(2)8(5-6)11(15)9(13)10(14)12(16)17/h3-5H,1-2H3,(H,16,17)/b10-9+. The molecule has 1 aromatic rings. The molecule has 0 aliphatic carbocycles. The smallest absolute Gasteiger partial charge is 0.349 e. The van der Waals surface area contributed by atoms with Gasteiger partial charge in [0.15, 0.2) is 0 Å². The van der Waals surface area contributed by atoms with E-state index >= 15 is 0 Å². The topological polar surface area (TPSA) is 54.4 Å². The molecule has 0 aliphatic heterocycles. The van der Waals surface area contributed by atoms with Gasteiger partial charge in [-0.2, -0.15) is 0 Å². The molecule has 90 valence electrons. The predicted molar refractivity (Wildman–Crippen MR) is 66.6 cm³/mol. The number of carbonyl (C=O) groups excluding carboxylic acids is 1. The van der Waals surface area contributed by atoms with Gasteiger partial charge in [-0.25, -0.2) is 4.79 Å². The highest BCUT2D eigenvalue weighted by Crippen LogP contribution is 2.22. The van der Waals surface area contributed by atoms with E-state index < -0.39 is 21.8 Å². The average Bonchev–Trinajstić information content (AvgIpc) is 2.29. The van der Waals surface area contributed by atoms with Crippen LogP contribution in [0.15, 0.2) is 28.3 Å². The zero-order valence-electron chi connectivity index (χ0n) is 9.25. The average molecular weight is 273 g/mol. The summed E-state index contributed by atoms with van der Waals surface area (Å²) in [5, 5.41) is 7.50. The molecular formula is C12H10Cl2O3. The fraction of sp³-hybridized carbons (Fsp3) is 0.167. The zero-order valence-corrected chi connectivity index (χ0v) is 10.8. The summed E-state index contributed by atoms with van der Waals surface area (Å²) >= 11 is 11.1. The number of halogens is 2. The summed E-state index contributed by atoms with van der Waals surface area (Å²) in [6.45, 7) is 3.57. The van der Waals surface area contributed by atoms with Gasteiger partial charge in [0, 0.05) is 5.56 Å². The first-order chi connectivity index (χ1) is 7.84. The summed E-state index contributed by atoms with van der Waals surface area (Å²) < 4.78 is 0. The number of carboxylic acids is 1. The number of hydrogen-bond donors (Lipinski definition) is 1. The Labute approximate surface area is 109 Å². The Balaban J connectivity index is 3.26. The molecule has 0 heterocycles. The van der Waals surface area contributed by atoms with Gasteiger partial charge in [0.05, 0.1) is 0 Å². The van der Waals surface area contributed by atoms with E-state index in [2.05, 4.69) is 0 Å². The molecule has 0 aromatic heterocycles. The second-order valence-corrected chi connectivity index (χ2v) is 4.34. The Bertz CT molecular complexity index is 518. The number of hydrogen-bond acceptors (Lipinski definition) is 2. The summed E-state index contributed by atoms with van der Waals surface area (Å²) in [7, 11) is 0. The lowest BCUT2D eigenvalue weighted by molar-refractivity contribution is -0.131. The first kappa shape index (κ1) is 13.7.